The number of benzene rings is 1. The average Bonchev–Trinajstić information content (AvgIpc) is 2.33. The third kappa shape index (κ3) is 3.22. The number of aryl methyl sites for hydroxylation is 1. The van der Waals surface area contributed by atoms with Gasteiger partial charge in [0.1, 0.15) is 17.3 Å². The summed E-state index contributed by atoms with van der Waals surface area (Å²) in [7, 11) is 0. The van der Waals surface area contributed by atoms with E-state index in [1.54, 1.807) is 19.9 Å². The average molecular weight is 282 g/mol. The van der Waals surface area contributed by atoms with E-state index < -0.39 is 6.10 Å². The van der Waals surface area contributed by atoms with Gasteiger partial charge >= 0.3 is 0 Å². The van der Waals surface area contributed by atoms with Crippen molar-refractivity contribution in [2.45, 2.75) is 20.0 Å². The molecule has 1 heterocycles. The van der Waals surface area contributed by atoms with Crippen LogP contribution in [0.25, 0.3) is 0 Å². The van der Waals surface area contributed by atoms with Crippen molar-refractivity contribution in [2.24, 2.45) is 0 Å². The number of aromatic nitrogens is 1. The fourth-order valence-corrected chi connectivity index (χ4v) is 1.82. The summed E-state index contributed by atoms with van der Waals surface area (Å²) in [6.07, 6.45) is 2.15. The van der Waals surface area contributed by atoms with Crippen molar-refractivity contribution in [3.05, 3.63) is 52.6 Å². The first kappa shape index (κ1) is 13.8. The van der Waals surface area contributed by atoms with Crippen LogP contribution in [-0.4, -0.2) is 10.1 Å². The largest absolute Gasteiger partial charge is 0.455 e. The number of hydrogen-bond acceptors (Lipinski definition) is 3. The summed E-state index contributed by atoms with van der Waals surface area (Å²) in [6, 6.07) is 4.41. The molecule has 0 bridgehead atoms. The van der Waals surface area contributed by atoms with Gasteiger partial charge in [-0.3, -0.25) is 4.98 Å². The first-order chi connectivity index (χ1) is 8.97. The molecule has 0 amide bonds. The summed E-state index contributed by atoms with van der Waals surface area (Å²) in [5, 5.41) is 10.1. The number of aliphatic hydroxyl groups excluding tert-OH is 1. The van der Waals surface area contributed by atoms with E-state index in [9.17, 15) is 9.50 Å². The first-order valence-electron chi connectivity index (χ1n) is 5.74. The molecule has 19 heavy (non-hydrogen) atoms. The lowest BCUT2D eigenvalue weighted by molar-refractivity contribution is 0.195. The maximum atomic E-state index is 13.5. The lowest BCUT2D eigenvalue weighted by Crippen LogP contribution is -1.99. The topological polar surface area (TPSA) is 42.4 Å². The zero-order valence-corrected chi connectivity index (χ0v) is 11.3. The molecule has 1 atom stereocenters. The van der Waals surface area contributed by atoms with Gasteiger partial charge in [0.25, 0.3) is 0 Å². The van der Waals surface area contributed by atoms with Crippen molar-refractivity contribution in [1.82, 2.24) is 4.98 Å². The highest BCUT2D eigenvalue weighted by Gasteiger charge is 2.14. The molecule has 0 saturated heterocycles. The highest BCUT2D eigenvalue weighted by Crippen LogP contribution is 2.32. The maximum Gasteiger partial charge on any atom is 0.147 e. The first-order valence-corrected chi connectivity index (χ1v) is 6.11. The minimum atomic E-state index is -0.836. The Hall–Kier alpha value is -1.65. The van der Waals surface area contributed by atoms with Crippen LogP contribution >= 0.6 is 11.6 Å². The molecule has 0 spiro atoms. The highest BCUT2D eigenvalue weighted by molar-refractivity contribution is 6.30. The molecule has 0 aliphatic heterocycles. The van der Waals surface area contributed by atoms with Gasteiger partial charge in [-0.15, -0.1) is 0 Å². The van der Waals surface area contributed by atoms with E-state index in [2.05, 4.69) is 4.98 Å². The molecular weight excluding hydrogens is 269 g/mol. The van der Waals surface area contributed by atoms with E-state index in [-0.39, 0.29) is 5.82 Å². The number of aliphatic hydroxyl groups is 1. The third-order valence-electron chi connectivity index (χ3n) is 2.65. The second-order valence-electron chi connectivity index (χ2n) is 4.26. The predicted molar refractivity (Wildman–Crippen MR) is 71.1 cm³/mol. The summed E-state index contributed by atoms with van der Waals surface area (Å²) in [4.78, 5) is 3.90. The molecule has 0 aliphatic carbocycles. The quantitative estimate of drug-likeness (QED) is 0.924. The molecule has 2 rings (SSSR count). The third-order valence-corrected chi connectivity index (χ3v) is 2.86. The zero-order valence-electron chi connectivity index (χ0n) is 10.5. The van der Waals surface area contributed by atoms with Gasteiger partial charge < -0.3 is 9.84 Å². The SMILES string of the molecule is Cc1cc(Oc2cncc(Cl)c2)c([C@@H](C)O)cc1F. The van der Waals surface area contributed by atoms with E-state index in [4.69, 9.17) is 16.3 Å². The van der Waals surface area contributed by atoms with Crippen LogP contribution in [0.1, 0.15) is 24.2 Å². The number of nitrogens with zero attached hydrogens (tertiary/aromatic N) is 1. The second kappa shape index (κ2) is 5.55. The smallest absolute Gasteiger partial charge is 0.147 e. The van der Waals surface area contributed by atoms with Crippen LogP contribution in [0.5, 0.6) is 11.5 Å². The molecule has 1 aromatic carbocycles. The van der Waals surface area contributed by atoms with Crippen LogP contribution in [0.3, 0.4) is 0 Å². The fourth-order valence-electron chi connectivity index (χ4n) is 1.66. The van der Waals surface area contributed by atoms with Crippen molar-refractivity contribution >= 4 is 11.6 Å². The van der Waals surface area contributed by atoms with Crippen LogP contribution in [-0.2, 0) is 0 Å². The van der Waals surface area contributed by atoms with Gasteiger partial charge in [0.15, 0.2) is 0 Å². The number of hydrogen-bond donors (Lipinski definition) is 1. The molecule has 5 heteroatoms. The van der Waals surface area contributed by atoms with Gasteiger partial charge in [-0.1, -0.05) is 11.6 Å². The Morgan fingerprint density at radius 1 is 1.32 bits per heavy atom. The minimum Gasteiger partial charge on any atom is -0.455 e. The molecule has 0 fully saturated rings. The van der Waals surface area contributed by atoms with Crippen LogP contribution in [0.4, 0.5) is 4.39 Å². The molecule has 0 aliphatic rings. The normalized spacial score (nSPS) is 12.3. The Labute approximate surface area is 115 Å². The molecular formula is C14H13ClFNO2. The van der Waals surface area contributed by atoms with E-state index in [1.807, 2.05) is 0 Å². The molecule has 3 nitrogen and oxygen atoms in total. The minimum absolute atomic E-state index is 0.378. The number of ether oxygens (including phenoxy) is 1. The fraction of sp³-hybridized carbons (Fsp3) is 0.214. The summed E-state index contributed by atoms with van der Waals surface area (Å²) >= 11 is 5.82. The second-order valence-corrected chi connectivity index (χ2v) is 4.69. The molecule has 1 N–H and O–H groups in total. The summed E-state index contributed by atoms with van der Waals surface area (Å²) in [6.45, 7) is 3.18. The Morgan fingerprint density at radius 2 is 2.05 bits per heavy atom. The molecule has 0 saturated carbocycles. The zero-order chi connectivity index (χ0) is 14.0. The summed E-state index contributed by atoms with van der Waals surface area (Å²) in [5.74, 6) is 0.436. The molecule has 0 radical (unpaired) electrons. The van der Waals surface area contributed by atoms with Gasteiger partial charge in [0.05, 0.1) is 17.3 Å². The Morgan fingerprint density at radius 3 is 2.68 bits per heavy atom. The molecule has 100 valence electrons. The van der Waals surface area contributed by atoms with Crippen molar-refractivity contribution in [1.29, 1.82) is 0 Å². The molecule has 2 aromatic rings. The lowest BCUT2D eigenvalue weighted by atomic mass is 10.1. The Bertz CT molecular complexity index is 602. The lowest BCUT2D eigenvalue weighted by Gasteiger charge is -2.14. The van der Waals surface area contributed by atoms with Gasteiger partial charge in [-0.05, 0) is 31.5 Å². The molecule has 1 aromatic heterocycles. The van der Waals surface area contributed by atoms with Crippen molar-refractivity contribution in [3.8, 4) is 11.5 Å². The maximum absolute atomic E-state index is 13.5. The van der Waals surface area contributed by atoms with Gasteiger partial charge in [-0.2, -0.15) is 0 Å². The van der Waals surface area contributed by atoms with Crippen LogP contribution < -0.4 is 4.74 Å². The number of halogens is 2. The standard InChI is InChI=1S/C14H13ClFNO2/c1-8-3-14(12(9(2)18)5-13(8)16)19-11-4-10(15)6-17-7-11/h3-7,9,18H,1-2H3/t9-/m1/s1. The highest BCUT2D eigenvalue weighted by atomic mass is 35.5. The number of pyridine rings is 1. The van der Waals surface area contributed by atoms with E-state index in [0.29, 0.717) is 27.6 Å². The number of rotatable bonds is 3. The summed E-state index contributed by atoms with van der Waals surface area (Å²) < 4.78 is 19.1. The van der Waals surface area contributed by atoms with Crippen molar-refractivity contribution in [3.63, 3.8) is 0 Å². The van der Waals surface area contributed by atoms with Crippen LogP contribution in [0.2, 0.25) is 5.02 Å². The van der Waals surface area contributed by atoms with Crippen molar-refractivity contribution < 1.29 is 14.2 Å². The summed E-state index contributed by atoms with van der Waals surface area (Å²) in [5.41, 5.74) is 0.817. The van der Waals surface area contributed by atoms with E-state index >= 15 is 0 Å². The van der Waals surface area contributed by atoms with Crippen molar-refractivity contribution in [2.75, 3.05) is 0 Å². The monoisotopic (exact) mass is 281 g/mol. The van der Waals surface area contributed by atoms with Crippen LogP contribution in [0.15, 0.2) is 30.6 Å². The van der Waals surface area contributed by atoms with E-state index in [1.165, 1.54) is 24.5 Å². The predicted octanol–water partition coefficient (Wildman–Crippen LogP) is 4.03. The Kier molecular flexibility index (Phi) is 4.02. The van der Waals surface area contributed by atoms with Crippen LogP contribution in [0, 0.1) is 12.7 Å². The Balaban J connectivity index is 2.41. The van der Waals surface area contributed by atoms with Gasteiger partial charge in [-0.25, -0.2) is 4.39 Å². The molecule has 0 unspecified atom stereocenters. The van der Waals surface area contributed by atoms with Gasteiger partial charge in [0.2, 0.25) is 0 Å². The van der Waals surface area contributed by atoms with E-state index in [0.717, 1.165) is 0 Å². The van der Waals surface area contributed by atoms with Gasteiger partial charge in [0, 0.05) is 17.8 Å².